The molecule has 0 heterocycles. The molecule has 0 amide bonds. The maximum atomic E-state index is 6.07. The zero-order valence-corrected chi connectivity index (χ0v) is 9.84. The molecule has 1 heteroatoms. The van der Waals surface area contributed by atoms with E-state index in [1.807, 2.05) is 0 Å². The lowest BCUT2D eigenvalue weighted by Gasteiger charge is -2.32. The molecule has 0 aliphatic heterocycles. The van der Waals surface area contributed by atoms with Gasteiger partial charge in [0.25, 0.3) is 0 Å². The van der Waals surface area contributed by atoms with Crippen molar-refractivity contribution in [3.8, 4) is 0 Å². The minimum atomic E-state index is 0.489. The van der Waals surface area contributed by atoms with Crippen LogP contribution in [0.1, 0.15) is 24.3 Å². The molecule has 0 fully saturated rings. The highest BCUT2D eigenvalue weighted by molar-refractivity contribution is 5.43. The van der Waals surface area contributed by atoms with E-state index in [1.54, 1.807) is 0 Å². The number of allylic oxidation sites excluding steroid dienone is 5. The molecule has 0 aromatic heterocycles. The second kappa shape index (κ2) is 4.25. The molecule has 2 unspecified atom stereocenters. The fourth-order valence-corrected chi connectivity index (χ4v) is 2.90. The van der Waals surface area contributed by atoms with Gasteiger partial charge in [0.2, 0.25) is 0 Å². The van der Waals surface area contributed by atoms with Gasteiger partial charge in [0, 0.05) is 11.6 Å². The van der Waals surface area contributed by atoms with Crippen LogP contribution in [-0.4, -0.2) is 0 Å². The van der Waals surface area contributed by atoms with Gasteiger partial charge in [-0.05, 0) is 36.0 Å². The molecule has 0 saturated heterocycles. The number of fused-ring (bicyclic) bond motifs is 1. The van der Waals surface area contributed by atoms with Gasteiger partial charge in [0.05, 0.1) is 0 Å². The summed E-state index contributed by atoms with van der Waals surface area (Å²) >= 11 is 0. The molecule has 0 bridgehead atoms. The van der Waals surface area contributed by atoms with Crippen molar-refractivity contribution >= 4 is 0 Å². The Hall–Kier alpha value is -1.76. The summed E-state index contributed by atoms with van der Waals surface area (Å²) in [4.78, 5) is 0. The Kier molecular flexibility index (Phi) is 2.60. The Morgan fingerprint density at radius 1 is 1.06 bits per heavy atom. The first-order valence-electron chi connectivity index (χ1n) is 6.25. The average Bonchev–Trinajstić information content (AvgIpc) is 2.41. The van der Waals surface area contributed by atoms with Crippen molar-refractivity contribution in [1.82, 2.24) is 0 Å². The summed E-state index contributed by atoms with van der Waals surface area (Å²) in [6.07, 6.45) is 11.1. The zero-order chi connectivity index (χ0) is 11.7. The zero-order valence-electron chi connectivity index (χ0n) is 9.84. The summed E-state index contributed by atoms with van der Waals surface area (Å²) in [6, 6.07) is 10.7. The quantitative estimate of drug-likeness (QED) is 0.774. The molecule has 1 aromatic rings. The van der Waals surface area contributed by atoms with Crippen molar-refractivity contribution in [1.29, 1.82) is 0 Å². The molecule has 2 N–H and O–H groups in total. The molecule has 0 spiro atoms. The highest BCUT2D eigenvalue weighted by Gasteiger charge is 2.28. The number of rotatable bonds is 1. The van der Waals surface area contributed by atoms with Crippen LogP contribution in [0.5, 0.6) is 0 Å². The highest BCUT2D eigenvalue weighted by atomic mass is 14.6. The Morgan fingerprint density at radius 3 is 2.71 bits per heavy atom. The van der Waals surface area contributed by atoms with E-state index in [-0.39, 0.29) is 0 Å². The van der Waals surface area contributed by atoms with Crippen molar-refractivity contribution in [2.24, 2.45) is 11.7 Å². The number of benzene rings is 1. The second-order valence-electron chi connectivity index (χ2n) is 4.79. The van der Waals surface area contributed by atoms with Crippen molar-refractivity contribution < 1.29 is 0 Å². The first-order chi connectivity index (χ1) is 8.36. The van der Waals surface area contributed by atoms with Crippen LogP contribution >= 0.6 is 0 Å². The number of nitrogens with two attached hydrogens (primary N) is 1. The minimum absolute atomic E-state index is 0.489. The topological polar surface area (TPSA) is 26.0 Å². The van der Waals surface area contributed by atoms with Gasteiger partial charge in [-0.25, -0.2) is 0 Å². The van der Waals surface area contributed by atoms with Crippen molar-refractivity contribution in [2.75, 3.05) is 0 Å². The van der Waals surface area contributed by atoms with Crippen molar-refractivity contribution in [3.05, 3.63) is 71.5 Å². The smallest absolute Gasteiger partial charge is 0.0346 e. The Labute approximate surface area is 102 Å². The lowest BCUT2D eigenvalue weighted by atomic mass is 9.73. The molecule has 2 aliphatic rings. The molecule has 86 valence electrons. The molecule has 17 heavy (non-hydrogen) atoms. The summed E-state index contributed by atoms with van der Waals surface area (Å²) < 4.78 is 0. The van der Waals surface area contributed by atoms with E-state index in [4.69, 9.17) is 5.73 Å². The SMILES string of the molecule is NC1=C2C=CCCC2C(c2ccccc2)C=C1. The molecule has 1 nitrogen and oxygen atoms in total. The average molecular weight is 223 g/mol. The fourth-order valence-electron chi connectivity index (χ4n) is 2.90. The van der Waals surface area contributed by atoms with Gasteiger partial charge in [-0.2, -0.15) is 0 Å². The van der Waals surface area contributed by atoms with Gasteiger partial charge in [0.1, 0.15) is 0 Å². The normalized spacial score (nSPS) is 27.1. The molecule has 0 radical (unpaired) electrons. The summed E-state index contributed by atoms with van der Waals surface area (Å²) in [5.41, 5.74) is 9.74. The van der Waals surface area contributed by atoms with Gasteiger partial charge in [-0.1, -0.05) is 48.6 Å². The fraction of sp³-hybridized carbons (Fsp3) is 0.250. The van der Waals surface area contributed by atoms with Crippen LogP contribution in [0.3, 0.4) is 0 Å². The lowest BCUT2D eigenvalue weighted by molar-refractivity contribution is 0.502. The lowest BCUT2D eigenvalue weighted by Crippen LogP contribution is -2.21. The van der Waals surface area contributed by atoms with Crippen LogP contribution < -0.4 is 5.73 Å². The van der Waals surface area contributed by atoms with Gasteiger partial charge >= 0.3 is 0 Å². The Balaban J connectivity index is 2.00. The van der Waals surface area contributed by atoms with Gasteiger partial charge in [-0.15, -0.1) is 0 Å². The standard InChI is InChI=1S/C16H17N/c17-16-11-10-13(12-6-2-1-3-7-12)14-8-4-5-9-15(14)16/h1-3,5-7,9-11,13-14H,4,8,17H2. The summed E-state index contributed by atoms with van der Waals surface area (Å²) in [5, 5.41) is 0. The van der Waals surface area contributed by atoms with Crippen LogP contribution in [0, 0.1) is 5.92 Å². The summed E-state index contributed by atoms with van der Waals surface area (Å²) in [7, 11) is 0. The molecule has 3 rings (SSSR count). The second-order valence-corrected chi connectivity index (χ2v) is 4.79. The predicted molar refractivity (Wildman–Crippen MR) is 71.4 cm³/mol. The molecular weight excluding hydrogens is 206 g/mol. The third-order valence-electron chi connectivity index (χ3n) is 3.78. The maximum absolute atomic E-state index is 6.07. The van der Waals surface area contributed by atoms with E-state index in [0.717, 1.165) is 5.70 Å². The minimum Gasteiger partial charge on any atom is -0.399 e. The number of hydrogen-bond acceptors (Lipinski definition) is 1. The van der Waals surface area contributed by atoms with E-state index in [2.05, 4.69) is 54.6 Å². The van der Waals surface area contributed by atoms with E-state index < -0.39 is 0 Å². The molecular formula is C16H17N. The van der Waals surface area contributed by atoms with Gasteiger partial charge in [0.15, 0.2) is 0 Å². The molecule has 2 atom stereocenters. The molecule has 2 aliphatic carbocycles. The van der Waals surface area contributed by atoms with E-state index in [1.165, 1.54) is 24.0 Å². The first-order valence-corrected chi connectivity index (χ1v) is 6.25. The van der Waals surface area contributed by atoms with Gasteiger partial charge < -0.3 is 5.73 Å². The third-order valence-corrected chi connectivity index (χ3v) is 3.78. The van der Waals surface area contributed by atoms with Crippen molar-refractivity contribution in [3.63, 3.8) is 0 Å². The molecule has 1 aromatic carbocycles. The first kappa shape index (κ1) is 10.4. The van der Waals surface area contributed by atoms with Crippen LogP contribution in [-0.2, 0) is 0 Å². The van der Waals surface area contributed by atoms with E-state index in [0.29, 0.717) is 11.8 Å². The summed E-state index contributed by atoms with van der Waals surface area (Å²) in [5.74, 6) is 1.05. The predicted octanol–water partition coefficient (Wildman–Crippen LogP) is 3.52. The monoisotopic (exact) mass is 223 g/mol. The van der Waals surface area contributed by atoms with Gasteiger partial charge in [-0.3, -0.25) is 0 Å². The largest absolute Gasteiger partial charge is 0.399 e. The van der Waals surface area contributed by atoms with Crippen LogP contribution in [0.25, 0.3) is 0 Å². The van der Waals surface area contributed by atoms with Crippen molar-refractivity contribution in [2.45, 2.75) is 18.8 Å². The third kappa shape index (κ3) is 1.82. The maximum Gasteiger partial charge on any atom is 0.0346 e. The highest BCUT2D eigenvalue weighted by Crippen LogP contribution is 2.41. The van der Waals surface area contributed by atoms with Crippen LogP contribution in [0.4, 0.5) is 0 Å². The summed E-state index contributed by atoms with van der Waals surface area (Å²) in [6.45, 7) is 0. The Morgan fingerprint density at radius 2 is 1.88 bits per heavy atom. The number of hydrogen-bond donors (Lipinski definition) is 1. The van der Waals surface area contributed by atoms with Crippen LogP contribution in [0.15, 0.2) is 65.9 Å². The Bertz CT molecular complexity index is 494. The van der Waals surface area contributed by atoms with E-state index >= 15 is 0 Å². The van der Waals surface area contributed by atoms with Crippen LogP contribution in [0.2, 0.25) is 0 Å². The molecule has 0 saturated carbocycles. The van der Waals surface area contributed by atoms with E-state index in [9.17, 15) is 0 Å².